The molecule has 0 amide bonds. The first kappa shape index (κ1) is 18.7. The number of esters is 1. The van der Waals surface area contributed by atoms with Gasteiger partial charge in [0.2, 0.25) is 0 Å². The molecule has 124 valence electrons. The summed E-state index contributed by atoms with van der Waals surface area (Å²) in [6.07, 6.45) is 12.1. The predicted octanol–water partition coefficient (Wildman–Crippen LogP) is 5.94. The molecular formula is C20H32O2. The zero-order valence-electron chi connectivity index (χ0n) is 14.4. The van der Waals surface area contributed by atoms with Gasteiger partial charge in [-0.25, -0.2) is 4.79 Å². The highest BCUT2D eigenvalue weighted by Crippen LogP contribution is 2.10. The van der Waals surface area contributed by atoms with Crippen LogP contribution in [0.5, 0.6) is 0 Å². The average molecular weight is 304 g/mol. The Hall–Kier alpha value is -1.31. The van der Waals surface area contributed by atoms with E-state index < -0.39 is 0 Å². The maximum Gasteiger partial charge on any atom is 0.338 e. The van der Waals surface area contributed by atoms with Crippen LogP contribution in [0, 0.1) is 0 Å². The van der Waals surface area contributed by atoms with Crippen LogP contribution < -0.4 is 0 Å². The lowest BCUT2D eigenvalue weighted by atomic mass is 10.1. The number of carbonyl (C=O) groups is 1. The highest BCUT2D eigenvalue weighted by Gasteiger charge is 2.06. The molecule has 22 heavy (non-hydrogen) atoms. The molecule has 0 aromatic heterocycles. The molecule has 0 aliphatic rings. The lowest BCUT2D eigenvalue weighted by Crippen LogP contribution is -2.06. The van der Waals surface area contributed by atoms with Crippen molar-refractivity contribution in [3.05, 3.63) is 35.4 Å². The second-order valence-corrected chi connectivity index (χ2v) is 6.06. The van der Waals surface area contributed by atoms with Crippen LogP contribution in [0.15, 0.2) is 24.3 Å². The number of hydrogen-bond donors (Lipinski definition) is 0. The molecule has 0 aliphatic carbocycles. The Kier molecular flexibility index (Phi) is 10.4. The van der Waals surface area contributed by atoms with Crippen molar-refractivity contribution in [2.24, 2.45) is 0 Å². The van der Waals surface area contributed by atoms with Crippen molar-refractivity contribution in [1.29, 1.82) is 0 Å². The summed E-state index contributed by atoms with van der Waals surface area (Å²) < 4.78 is 5.34. The van der Waals surface area contributed by atoms with Gasteiger partial charge in [-0.2, -0.15) is 0 Å². The Balaban J connectivity index is 2.14. The highest BCUT2D eigenvalue weighted by atomic mass is 16.5. The molecule has 1 aromatic carbocycles. The van der Waals surface area contributed by atoms with Crippen molar-refractivity contribution in [2.45, 2.75) is 78.1 Å². The maximum atomic E-state index is 11.9. The summed E-state index contributed by atoms with van der Waals surface area (Å²) >= 11 is 0. The van der Waals surface area contributed by atoms with Gasteiger partial charge in [0, 0.05) is 0 Å². The fraction of sp³-hybridized carbons (Fsp3) is 0.650. The molecule has 0 spiro atoms. The largest absolute Gasteiger partial charge is 0.462 e. The molecule has 0 unspecified atom stereocenters. The van der Waals surface area contributed by atoms with E-state index in [-0.39, 0.29) is 5.97 Å². The van der Waals surface area contributed by atoms with Crippen LogP contribution in [0.3, 0.4) is 0 Å². The number of ether oxygens (including phenoxy) is 1. The minimum absolute atomic E-state index is 0.187. The van der Waals surface area contributed by atoms with Crippen LogP contribution in [-0.4, -0.2) is 12.6 Å². The fourth-order valence-corrected chi connectivity index (χ4v) is 2.50. The lowest BCUT2D eigenvalue weighted by Gasteiger charge is -2.06. The van der Waals surface area contributed by atoms with Gasteiger partial charge >= 0.3 is 5.97 Å². The first-order valence-electron chi connectivity index (χ1n) is 9.04. The highest BCUT2D eigenvalue weighted by molar-refractivity contribution is 5.89. The van der Waals surface area contributed by atoms with Gasteiger partial charge in [0.15, 0.2) is 0 Å². The zero-order chi connectivity index (χ0) is 16.0. The number of rotatable bonds is 12. The van der Waals surface area contributed by atoms with Crippen LogP contribution in [0.4, 0.5) is 0 Å². The molecule has 0 saturated carbocycles. The van der Waals surface area contributed by atoms with E-state index in [9.17, 15) is 4.79 Å². The van der Waals surface area contributed by atoms with Gasteiger partial charge in [-0.3, -0.25) is 0 Å². The number of benzene rings is 1. The monoisotopic (exact) mass is 304 g/mol. The molecule has 1 rings (SSSR count). The third kappa shape index (κ3) is 8.21. The first-order chi connectivity index (χ1) is 10.8. The Bertz CT molecular complexity index is 395. The smallest absolute Gasteiger partial charge is 0.338 e. The molecule has 0 aliphatic heterocycles. The summed E-state index contributed by atoms with van der Waals surface area (Å²) in [4.78, 5) is 11.9. The van der Waals surface area contributed by atoms with Crippen molar-refractivity contribution in [3.8, 4) is 0 Å². The summed E-state index contributed by atoms with van der Waals surface area (Å²) in [6.45, 7) is 4.97. The molecule has 0 heterocycles. The zero-order valence-corrected chi connectivity index (χ0v) is 14.4. The van der Waals surface area contributed by atoms with Crippen LogP contribution in [0.25, 0.3) is 0 Å². The molecule has 0 radical (unpaired) electrons. The Morgan fingerprint density at radius 2 is 1.41 bits per heavy atom. The number of carbonyl (C=O) groups excluding carboxylic acids is 1. The Morgan fingerprint density at radius 3 is 2.05 bits per heavy atom. The molecule has 2 nitrogen and oxygen atoms in total. The molecule has 0 N–H and O–H groups in total. The third-order valence-electron chi connectivity index (χ3n) is 3.99. The standard InChI is InChI=1S/C20H32O2/c1-3-5-7-8-9-10-11-17-22-20(21)19-15-13-18(14-16-19)12-6-4-2/h13-16H,3-12,17H2,1-2H3. The van der Waals surface area contributed by atoms with E-state index in [2.05, 4.69) is 13.8 Å². The predicted molar refractivity (Wildman–Crippen MR) is 93.3 cm³/mol. The van der Waals surface area contributed by atoms with E-state index in [0.717, 1.165) is 19.3 Å². The van der Waals surface area contributed by atoms with Gasteiger partial charge in [-0.05, 0) is 37.0 Å². The van der Waals surface area contributed by atoms with E-state index in [1.165, 1.54) is 50.5 Å². The normalized spacial score (nSPS) is 10.6. The van der Waals surface area contributed by atoms with Crippen LogP contribution in [0.1, 0.15) is 87.6 Å². The third-order valence-corrected chi connectivity index (χ3v) is 3.99. The summed E-state index contributed by atoms with van der Waals surface area (Å²) in [6, 6.07) is 7.86. The molecule has 0 fully saturated rings. The molecule has 1 aromatic rings. The molecule has 0 atom stereocenters. The number of aryl methyl sites for hydroxylation is 1. The maximum absolute atomic E-state index is 11.9. The molecular weight excluding hydrogens is 272 g/mol. The van der Waals surface area contributed by atoms with Gasteiger partial charge < -0.3 is 4.74 Å². The van der Waals surface area contributed by atoms with Gasteiger partial charge in [0.1, 0.15) is 0 Å². The second kappa shape index (κ2) is 12.3. The van der Waals surface area contributed by atoms with E-state index in [4.69, 9.17) is 4.74 Å². The van der Waals surface area contributed by atoms with Crippen LogP contribution in [-0.2, 0) is 11.2 Å². The van der Waals surface area contributed by atoms with Gasteiger partial charge in [-0.1, -0.05) is 70.9 Å². The van der Waals surface area contributed by atoms with Crippen molar-refractivity contribution < 1.29 is 9.53 Å². The topological polar surface area (TPSA) is 26.3 Å². The van der Waals surface area contributed by atoms with Crippen LogP contribution >= 0.6 is 0 Å². The lowest BCUT2D eigenvalue weighted by molar-refractivity contribution is 0.0497. The summed E-state index contributed by atoms with van der Waals surface area (Å²) in [7, 11) is 0. The first-order valence-corrected chi connectivity index (χ1v) is 9.04. The quantitative estimate of drug-likeness (QED) is 0.353. The van der Waals surface area contributed by atoms with Crippen molar-refractivity contribution >= 4 is 5.97 Å². The van der Waals surface area contributed by atoms with E-state index in [1.54, 1.807) is 0 Å². The second-order valence-electron chi connectivity index (χ2n) is 6.06. The van der Waals surface area contributed by atoms with E-state index in [1.807, 2.05) is 24.3 Å². The Morgan fingerprint density at radius 1 is 0.818 bits per heavy atom. The SMILES string of the molecule is CCCCCCCCCOC(=O)c1ccc(CCCC)cc1. The van der Waals surface area contributed by atoms with Gasteiger partial charge in [-0.15, -0.1) is 0 Å². The fourth-order valence-electron chi connectivity index (χ4n) is 2.50. The van der Waals surface area contributed by atoms with Gasteiger partial charge in [0.25, 0.3) is 0 Å². The van der Waals surface area contributed by atoms with Gasteiger partial charge in [0.05, 0.1) is 12.2 Å². The van der Waals surface area contributed by atoms with Crippen LogP contribution in [0.2, 0.25) is 0 Å². The molecule has 0 saturated heterocycles. The van der Waals surface area contributed by atoms with E-state index in [0.29, 0.717) is 12.2 Å². The Labute approximate surface area is 136 Å². The van der Waals surface area contributed by atoms with Crippen molar-refractivity contribution in [1.82, 2.24) is 0 Å². The number of unbranched alkanes of at least 4 members (excludes halogenated alkanes) is 7. The van der Waals surface area contributed by atoms with E-state index >= 15 is 0 Å². The number of hydrogen-bond acceptors (Lipinski definition) is 2. The van der Waals surface area contributed by atoms with Crippen molar-refractivity contribution in [2.75, 3.05) is 6.61 Å². The minimum Gasteiger partial charge on any atom is -0.462 e. The summed E-state index contributed by atoms with van der Waals surface area (Å²) in [5, 5.41) is 0. The molecule has 0 bridgehead atoms. The average Bonchev–Trinajstić information content (AvgIpc) is 2.55. The van der Waals surface area contributed by atoms with Crippen molar-refractivity contribution in [3.63, 3.8) is 0 Å². The minimum atomic E-state index is -0.187. The summed E-state index contributed by atoms with van der Waals surface area (Å²) in [5.74, 6) is -0.187. The summed E-state index contributed by atoms with van der Waals surface area (Å²) in [5.41, 5.74) is 1.97. The molecule has 2 heteroatoms.